The Balaban J connectivity index is 2.22. The Morgan fingerprint density at radius 1 is 0.895 bits per heavy atom. The molecule has 0 saturated heterocycles. The van der Waals surface area contributed by atoms with Gasteiger partial charge in [0.15, 0.2) is 5.78 Å². The third-order valence-electron chi connectivity index (χ3n) is 3.08. The molecule has 1 unspecified atom stereocenters. The second-order valence-corrected chi connectivity index (χ2v) is 4.24. The Hall–Kier alpha value is -2.46. The summed E-state index contributed by atoms with van der Waals surface area (Å²) in [6.45, 7) is 0. The van der Waals surface area contributed by atoms with Gasteiger partial charge >= 0.3 is 5.97 Å². The molecule has 1 aliphatic rings. The lowest BCUT2D eigenvalue weighted by molar-refractivity contribution is 0.0658. The SMILES string of the molecule is O=C1Oc2ccccc2C(O)C(=O)c2ccccc21. The van der Waals surface area contributed by atoms with E-state index in [2.05, 4.69) is 0 Å². The highest BCUT2D eigenvalue weighted by molar-refractivity contribution is 6.10. The smallest absolute Gasteiger partial charge is 0.344 e. The number of esters is 1. The lowest BCUT2D eigenvalue weighted by atomic mass is 9.94. The fourth-order valence-corrected chi connectivity index (χ4v) is 2.12. The van der Waals surface area contributed by atoms with Crippen molar-refractivity contribution in [1.29, 1.82) is 0 Å². The zero-order valence-corrected chi connectivity index (χ0v) is 9.87. The molecule has 2 aromatic carbocycles. The summed E-state index contributed by atoms with van der Waals surface area (Å²) in [5.41, 5.74) is 0.644. The van der Waals surface area contributed by atoms with Crippen LogP contribution in [0, 0.1) is 0 Å². The van der Waals surface area contributed by atoms with Crippen LogP contribution >= 0.6 is 0 Å². The second-order valence-electron chi connectivity index (χ2n) is 4.24. The Morgan fingerprint density at radius 2 is 1.53 bits per heavy atom. The Kier molecular flexibility index (Phi) is 2.65. The highest BCUT2D eigenvalue weighted by Gasteiger charge is 2.30. The summed E-state index contributed by atoms with van der Waals surface area (Å²) < 4.78 is 5.23. The zero-order chi connectivity index (χ0) is 13.4. The van der Waals surface area contributed by atoms with Crippen LogP contribution < -0.4 is 4.74 Å². The lowest BCUT2D eigenvalue weighted by Crippen LogP contribution is -2.23. The van der Waals surface area contributed by atoms with Gasteiger partial charge in [0.1, 0.15) is 11.9 Å². The van der Waals surface area contributed by atoms with E-state index in [1.807, 2.05) is 0 Å². The number of rotatable bonds is 0. The number of hydrogen-bond donors (Lipinski definition) is 1. The van der Waals surface area contributed by atoms with E-state index >= 15 is 0 Å². The number of carbonyl (C=O) groups excluding carboxylic acids is 2. The summed E-state index contributed by atoms with van der Waals surface area (Å²) in [6, 6.07) is 12.8. The maximum atomic E-state index is 12.2. The number of ketones is 1. The van der Waals surface area contributed by atoms with Crippen molar-refractivity contribution in [3.05, 3.63) is 65.2 Å². The minimum atomic E-state index is -1.33. The number of carbonyl (C=O) groups is 2. The summed E-state index contributed by atoms with van der Waals surface area (Å²) in [7, 11) is 0. The molecule has 2 aromatic rings. The van der Waals surface area contributed by atoms with Crippen LogP contribution in [0.15, 0.2) is 48.5 Å². The number of hydrogen-bond acceptors (Lipinski definition) is 4. The predicted octanol–water partition coefficient (Wildman–Crippen LogP) is 2.14. The first-order valence-electron chi connectivity index (χ1n) is 5.81. The van der Waals surface area contributed by atoms with E-state index in [1.54, 1.807) is 36.4 Å². The van der Waals surface area contributed by atoms with Crippen molar-refractivity contribution in [2.45, 2.75) is 6.10 Å². The number of benzene rings is 2. The van der Waals surface area contributed by atoms with Gasteiger partial charge in [-0.15, -0.1) is 0 Å². The molecule has 0 aliphatic carbocycles. The van der Waals surface area contributed by atoms with E-state index in [0.29, 0.717) is 5.56 Å². The second kappa shape index (κ2) is 4.33. The summed E-state index contributed by atoms with van der Waals surface area (Å²) in [4.78, 5) is 24.3. The molecule has 19 heavy (non-hydrogen) atoms. The van der Waals surface area contributed by atoms with E-state index in [1.165, 1.54) is 12.1 Å². The van der Waals surface area contributed by atoms with Crippen LogP contribution in [0.25, 0.3) is 0 Å². The van der Waals surface area contributed by atoms with Gasteiger partial charge in [0.2, 0.25) is 0 Å². The van der Waals surface area contributed by atoms with Crippen LogP contribution in [0.5, 0.6) is 5.75 Å². The molecule has 3 rings (SSSR count). The van der Waals surface area contributed by atoms with Crippen molar-refractivity contribution in [2.24, 2.45) is 0 Å². The van der Waals surface area contributed by atoms with Gasteiger partial charge in [-0.05, 0) is 12.1 Å². The summed E-state index contributed by atoms with van der Waals surface area (Å²) in [5, 5.41) is 10.1. The average Bonchev–Trinajstić information content (AvgIpc) is 2.45. The first kappa shape index (κ1) is 11.6. The summed E-state index contributed by atoms with van der Waals surface area (Å²) in [6.07, 6.45) is -1.33. The van der Waals surface area contributed by atoms with Crippen LogP contribution in [0.3, 0.4) is 0 Å². The van der Waals surface area contributed by atoms with Crippen molar-refractivity contribution in [1.82, 2.24) is 0 Å². The lowest BCUT2D eigenvalue weighted by Gasteiger charge is -2.19. The van der Waals surface area contributed by atoms with Gasteiger partial charge < -0.3 is 9.84 Å². The number of fused-ring (bicyclic) bond motifs is 2. The largest absolute Gasteiger partial charge is 0.423 e. The Bertz CT molecular complexity index is 675. The van der Waals surface area contributed by atoms with Crippen molar-refractivity contribution >= 4 is 11.8 Å². The fourth-order valence-electron chi connectivity index (χ4n) is 2.12. The van der Waals surface area contributed by atoms with Crippen molar-refractivity contribution in [3.8, 4) is 5.75 Å². The van der Waals surface area contributed by atoms with E-state index < -0.39 is 17.9 Å². The van der Waals surface area contributed by atoms with Crippen LogP contribution in [0.1, 0.15) is 32.4 Å². The maximum Gasteiger partial charge on any atom is 0.344 e. The number of ether oxygens (including phenoxy) is 1. The van der Waals surface area contributed by atoms with Gasteiger partial charge in [0.05, 0.1) is 5.56 Å². The van der Waals surface area contributed by atoms with Crippen LogP contribution in [0.2, 0.25) is 0 Å². The quantitative estimate of drug-likeness (QED) is 0.578. The Labute approximate surface area is 109 Å². The molecule has 4 heteroatoms. The van der Waals surface area contributed by atoms with Crippen LogP contribution in [0.4, 0.5) is 0 Å². The topological polar surface area (TPSA) is 63.6 Å². The van der Waals surface area contributed by atoms with E-state index in [0.717, 1.165) is 0 Å². The average molecular weight is 254 g/mol. The van der Waals surface area contributed by atoms with Gasteiger partial charge in [0.25, 0.3) is 0 Å². The highest BCUT2D eigenvalue weighted by atomic mass is 16.5. The first-order chi connectivity index (χ1) is 9.18. The van der Waals surface area contributed by atoms with Gasteiger partial charge in [-0.3, -0.25) is 4.79 Å². The molecule has 0 fully saturated rings. The fraction of sp³-hybridized carbons (Fsp3) is 0.0667. The Morgan fingerprint density at radius 3 is 2.32 bits per heavy atom. The standard InChI is InChI=1S/C15H10O4/c16-13-9-5-1-2-6-10(9)15(18)19-12-8-4-3-7-11(12)14(13)17/h1-8,14,17H. The van der Waals surface area contributed by atoms with Gasteiger partial charge in [-0.2, -0.15) is 0 Å². The molecule has 0 aromatic heterocycles. The number of Topliss-reactive ketones (excluding diaryl/α,β-unsaturated/α-hetero) is 1. The molecule has 1 heterocycles. The molecule has 0 radical (unpaired) electrons. The van der Waals surface area contributed by atoms with Gasteiger partial charge in [0, 0.05) is 11.1 Å². The molecule has 94 valence electrons. The highest BCUT2D eigenvalue weighted by Crippen LogP contribution is 2.31. The maximum absolute atomic E-state index is 12.2. The van der Waals surface area contributed by atoms with Crippen molar-refractivity contribution in [3.63, 3.8) is 0 Å². The van der Waals surface area contributed by atoms with E-state index in [9.17, 15) is 14.7 Å². The minimum absolute atomic E-state index is 0.168. The number of para-hydroxylation sites is 1. The number of aliphatic hydroxyl groups is 1. The molecule has 0 saturated carbocycles. The third kappa shape index (κ3) is 1.82. The monoisotopic (exact) mass is 254 g/mol. The van der Waals surface area contributed by atoms with Crippen LogP contribution in [-0.2, 0) is 0 Å². The molecule has 1 aliphatic heterocycles. The molecule has 1 N–H and O–H groups in total. The molecule has 0 spiro atoms. The molecule has 0 bridgehead atoms. The van der Waals surface area contributed by atoms with Crippen LogP contribution in [-0.4, -0.2) is 16.9 Å². The minimum Gasteiger partial charge on any atom is -0.423 e. The summed E-state index contributed by atoms with van der Waals surface area (Å²) >= 11 is 0. The first-order valence-corrected chi connectivity index (χ1v) is 5.81. The molecule has 1 atom stereocenters. The third-order valence-corrected chi connectivity index (χ3v) is 3.08. The predicted molar refractivity (Wildman–Crippen MR) is 67.1 cm³/mol. The number of aliphatic hydroxyl groups excluding tert-OH is 1. The normalized spacial score (nSPS) is 17.8. The van der Waals surface area contributed by atoms with Gasteiger partial charge in [-0.25, -0.2) is 4.79 Å². The van der Waals surface area contributed by atoms with Gasteiger partial charge in [-0.1, -0.05) is 36.4 Å². The van der Waals surface area contributed by atoms with Crippen molar-refractivity contribution < 1.29 is 19.4 Å². The molecular weight excluding hydrogens is 244 g/mol. The van der Waals surface area contributed by atoms with E-state index in [4.69, 9.17) is 4.74 Å². The summed E-state index contributed by atoms with van der Waals surface area (Å²) in [5.74, 6) is -0.883. The molecular formula is C15H10O4. The molecule has 0 amide bonds. The van der Waals surface area contributed by atoms with Crippen molar-refractivity contribution in [2.75, 3.05) is 0 Å². The zero-order valence-electron chi connectivity index (χ0n) is 9.87. The molecule has 4 nitrogen and oxygen atoms in total. The van der Waals surface area contributed by atoms with E-state index in [-0.39, 0.29) is 16.9 Å².